The standard InChI is InChI=1S/C19H22FN3O2/c1-23(12-14-9-11-25-13-14)19(24)22-18(17-4-2-3-10-21-17)15-5-7-16(20)8-6-15/h2-8,10,14,18H,9,11-13H2,1H3,(H,22,24). The van der Waals surface area contributed by atoms with Gasteiger partial charge in [-0.2, -0.15) is 0 Å². The van der Waals surface area contributed by atoms with E-state index in [1.165, 1.54) is 12.1 Å². The fraction of sp³-hybridized carbons (Fsp3) is 0.368. The number of carbonyl (C=O) groups is 1. The SMILES string of the molecule is CN(CC1CCOC1)C(=O)NC(c1ccc(F)cc1)c1ccccn1. The molecule has 2 aromatic rings. The summed E-state index contributed by atoms with van der Waals surface area (Å²) in [7, 11) is 1.77. The van der Waals surface area contributed by atoms with Crippen molar-refractivity contribution in [2.24, 2.45) is 5.92 Å². The molecular weight excluding hydrogens is 321 g/mol. The first-order valence-electron chi connectivity index (χ1n) is 8.39. The van der Waals surface area contributed by atoms with Gasteiger partial charge in [0.15, 0.2) is 0 Å². The maximum Gasteiger partial charge on any atom is 0.317 e. The number of amides is 2. The second-order valence-corrected chi connectivity index (χ2v) is 6.30. The molecule has 2 unspecified atom stereocenters. The van der Waals surface area contributed by atoms with E-state index in [9.17, 15) is 9.18 Å². The highest BCUT2D eigenvalue weighted by Gasteiger charge is 2.23. The number of pyridine rings is 1. The van der Waals surface area contributed by atoms with Crippen molar-refractivity contribution >= 4 is 6.03 Å². The average molecular weight is 343 g/mol. The van der Waals surface area contributed by atoms with Crippen LogP contribution in [-0.4, -0.2) is 42.7 Å². The van der Waals surface area contributed by atoms with Gasteiger partial charge in [0.1, 0.15) is 5.82 Å². The zero-order valence-electron chi connectivity index (χ0n) is 14.2. The van der Waals surface area contributed by atoms with Crippen LogP contribution in [0.3, 0.4) is 0 Å². The van der Waals surface area contributed by atoms with Gasteiger partial charge in [0.05, 0.1) is 18.3 Å². The molecule has 2 atom stereocenters. The number of hydrogen-bond donors (Lipinski definition) is 1. The number of ether oxygens (including phenoxy) is 1. The number of carbonyl (C=O) groups excluding carboxylic acids is 1. The number of nitrogens with one attached hydrogen (secondary N) is 1. The van der Waals surface area contributed by atoms with Crippen molar-refractivity contribution in [3.8, 4) is 0 Å². The lowest BCUT2D eigenvalue weighted by Crippen LogP contribution is -2.42. The summed E-state index contributed by atoms with van der Waals surface area (Å²) in [4.78, 5) is 18.6. The second kappa shape index (κ2) is 8.07. The molecule has 0 radical (unpaired) electrons. The first kappa shape index (κ1) is 17.4. The molecule has 0 aliphatic carbocycles. The largest absolute Gasteiger partial charge is 0.381 e. The van der Waals surface area contributed by atoms with E-state index in [-0.39, 0.29) is 11.8 Å². The quantitative estimate of drug-likeness (QED) is 0.908. The third kappa shape index (κ3) is 4.54. The summed E-state index contributed by atoms with van der Waals surface area (Å²) in [5.74, 6) is 0.0584. The Bertz CT molecular complexity index is 688. The predicted molar refractivity (Wildman–Crippen MR) is 92.6 cm³/mol. The van der Waals surface area contributed by atoms with Gasteiger partial charge < -0.3 is 15.0 Å². The van der Waals surface area contributed by atoms with E-state index in [0.717, 1.165) is 18.6 Å². The van der Waals surface area contributed by atoms with Gasteiger partial charge in [-0.05, 0) is 36.2 Å². The summed E-state index contributed by atoms with van der Waals surface area (Å²) in [6, 6.07) is 11.0. The topological polar surface area (TPSA) is 54.5 Å². The number of halogens is 1. The maximum atomic E-state index is 13.2. The Morgan fingerprint density at radius 2 is 2.16 bits per heavy atom. The summed E-state index contributed by atoms with van der Waals surface area (Å²) >= 11 is 0. The highest BCUT2D eigenvalue weighted by Crippen LogP contribution is 2.21. The molecule has 25 heavy (non-hydrogen) atoms. The molecule has 132 valence electrons. The second-order valence-electron chi connectivity index (χ2n) is 6.30. The van der Waals surface area contributed by atoms with Crippen LogP contribution >= 0.6 is 0 Å². The van der Waals surface area contributed by atoms with E-state index in [2.05, 4.69) is 10.3 Å². The summed E-state index contributed by atoms with van der Waals surface area (Å²) in [6.45, 7) is 2.09. The minimum atomic E-state index is -0.434. The fourth-order valence-corrected chi connectivity index (χ4v) is 2.96. The van der Waals surface area contributed by atoms with Gasteiger partial charge in [0, 0.05) is 32.3 Å². The number of nitrogens with zero attached hydrogens (tertiary/aromatic N) is 2. The molecule has 2 amide bonds. The Kier molecular flexibility index (Phi) is 5.60. The van der Waals surface area contributed by atoms with Crippen LogP contribution in [0.1, 0.15) is 23.7 Å². The summed E-state index contributed by atoms with van der Waals surface area (Å²) in [5, 5.41) is 3.00. The summed E-state index contributed by atoms with van der Waals surface area (Å²) < 4.78 is 18.6. The third-order valence-corrected chi connectivity index (χ3v) is 4.36. The zero-order valence-corrected chi connectivity index (χ0v) is 14.2. The van der Waals surface area contributed by atoms with Crippen LogP contribution in [0.25, 0.3) is 0 Å². The molecule has 6 heteroatoms. The number of urea groups is 1. The normalized spacial score (nSPS) is 17.9. The van der Waals surface area contributed by atoms with Crippen molar-refractivity contribution in [1.82, 2.24) is 15.2 Å². The molecule has 0 saturated carbocycles. The molecule has 1 aliphatic rings. The van der Waals surface area contributed by atoms with Crippen LogP contribution in [0, 0.1) is 11.7 Å². The van der Waals surface area contributed by atoms with Crippen molar-refractivity contribution in [1.29, 1.82) is 0 Å². The zero-order chi connectivity index (χ0) is 17.6. The lowest BCUT2D eigenvalue weighted by atomic mass is 10.0. The number of aromatic nitrogens is 1. The molecule has 1 N–H and O–H groups in total. The molecule has 3 rings (SSSR count). The van der Waals surface area contributed by atoms with E-state index in [4.69, 9.17) is 4.74 Å². The van der Waals surface area contributed by atoms with E-state index in [0.29, 0.717) is 24.8 Å². The number of benzene rings is 1. The van der Waals surface area contributed by atoms with Crippen molar-refractivity contribution in [3.05, 3.63) is 65.7 Å². The molecule has 0 bridgehead atoms. The van der Waals surface area contributed by atoms with Crippen LogP contribution < -0.4 is 5.32 Å². The lowest BCUT2D eigenvalue weighted by Gasteiger charge is -2.25. The van der Waals surface area contributed by atoms with Crippen molar-refractivity contribution in [2.75, 3.05) is 26.8 Å². The van der Waals surface area contributed by atoms with Crippen molar-refractivity contribution in [3.63, 3.8) is 0 Å². The number of rotatable bonds is 5. The van der Waals surface area contributed by atoms with E-state index >= 15 is 0 Å². The van der Waals surface area contributed by atoms with Crippen molar-refractivity contribution < 1.29 is 13.9 Å². The van der Waals surface area contributed by atoms with Gasteiger partial charge in [-0.3, -0.25) is 4.98 Å². The lowest BCUT2D eigenvalue weighted by molar-refractivity contribution is 0.171. The molecule has 0 spiro atoms. The van der Waals surface area contributed by atoms with Crippen LogP contribution in [0.2, 0.25) is 0 Å². The monoisotopic (exact) mass is 343 g/mol. The highest BCUT2D eigenvalue weighted by molar-refractivity contribution is 5.75. The molecule has 1 aromatic heterocycles. The Labute approximate surface area is 146 Å². The third-order valence-electron chi connectivity index (χ3n) is 4.36. The molecule has 5 nitrogen and oxygen atoms in total. The summed E-state index contributed by atoms with van der Waals surface area (Å²) in [5.41, 5.74) is 1.49. The predicted octanol–water partition coefficient (Wildman–Crippen LogP) is 2.99. The summed E-state index contributed by atoms with van der Waals surface area (Å²) in [6.07, 6.45) is 2.65. The minimum absolute atomic E-state index is 0.188. The smallest absolute Gasteiger partial charge is 0.317 e. The molecular formula is C19H22FN3O2. The van der Waals surface area contributed by atoms with E-state index in [1.807, 2.05) is 18.2 Å². The first-order valence-corrected chi connectivity index (χ1v) is 8.39. The van der Waals surface area contributed by atoms with Gasteiger partial charge in [-0.15, -0.1) is 0 Å². The Balaban J connectivity index is 1.75. The molecule has 1 fully saturated rings. The van der Waals surface area contributed by atoms with Crippen LogP contribution in [-0.2, 0) is 4.74 Å². The van der Waals surface area contributed by atoms with Gasteiger partial charge in [0.2, 0.25) is 0 Å². The van der Waals surface area contributed by atoms with Gasteiger partial charge in [0.25, 0.3) is 0 Å². The van der Waals surface area contributed by atoms with Gasteiger partial charge in [-0.1, -0.05) is 18.2 Å². The molecule has 1 aromatic carbocycles. The Morgan fingerprint density at radius 1 is 1.36 bits per heavy atom. The van der Waals surface area contributed by atoms with Crippen LogP contribution in [0.5, 0.6) is 0 Å². The minimum Gasteiger partial charge on any atom is -0.381 e. The first-order chi connectivity index (χ1) is 12.1. The average Bonchev–Trinajstić information content (AvgIpc) is 3.14. The highest BCUT2D eigenvalue weighted by atomic mass is 19.1. The molecule has 1 saturated heterocycles. The Morgan fingerprint density at radius 3 is 2.80 bits per heavy atom. The van der Waals surface area contributed by atoms with Crippen molar-refractivity contribution in [2.45, 2.75) is 12.5 Å². The van der Waals surface area contributed by atoms with E-state index in [1.54, 1.807) is 30.3 Å². The Hall–Kier alpha value is -2.47. The number of hydrogen-bond acceptors (Lipinski definition) is 3. The fourth-order valence-electron chi connectivity index (χ4n) is 2.96. The van der Waals surface area contributed by atoms with Gasteiger partial charge in [-0.25, -0.2) is 9.18 Å². The molecule has 1 aliphatic heterocycles. The van der Waals surface area contributed by atoms with E-state index < -0.39 is 6.04 Å². The van der Waals surface area contributed by atoms with Gasteiger partial charge >= 0.3 is 6.03 Å². The van der Waals surface area contributed by atoms with Crippen LogP contribution in [0.15, 0.2) is 48.7 Å². The molecule has 2 heterocycles. The maximum absolute atomic E-state index is 13.2. The van der Waals surface area contributed by atoms with Crippen LogP contribution in [0.4, 0.5) is 9.18 Å².